The summed E-state index contributed by atoms with van der Waals surface area (Å²) in [5.41, 5.74) is 1.02. The van der Waals surface area contributed by atoms with Crippen LogP contribution in [0.2, 0.25) is 0 Å². The zero-order valence-electron chi connectivity index (χ0n) is 13.6. The summed E-state index contributed by atoms with van der Waals surface area (Å²) >= 11 is 0. The summed E-state index contributed by atoms with van der Waals surface area (Å²) < 4.78 is 28.2. The minimum atomic E-state index is -3.09. The predicted octanol–water partition coefficient (Wildman–Crippen LogP) is 5.15. The number of fused-ring (bicyclic) bond motifs is 5. The standard InChI is InChI=1S/C19H26F2O/c1-17-9-4-3-5-12(17)6-7-13-14(17)8-10-18(2)15(13)11-19(20,21)16(18)22/h6,13-15H,3-5,7-11H2,1-2H3/t13-,14+,15+,17+,18+/m1/s1. The molecule has 0 radical (unpaired) electrons. The molecular weight excluding hydrogens is 282 g/mol. The van der Waals surface area contributed by atoms with Gasteiger partial charge in [-0.15, -0.1) is 0 Å². The molecular formula is C19H26F2O. The number of carbonyl (C=O) groups is 1. The number of ketones is 1. The van der Waals surface area contributed by atoms with Crippen LogP contribution in [0.3, 0.4) is 0 Å². The van der Waals surface area contributed by atoms with Gasteiger partial charge in [-0.3, -0.25) is 4.79 Å². The molecule has 1 nitrogen and oxygen atoms in total. The third-order valence-corrected chi connectivity index (χ3v) is 7.73. The molecule has 4 aliphatic rings. The molecule has 0 spiro atoms. The van der Waals surface area contributed by atoms with Crippen LogP contribution < -0.4 is 0 Å². The molecule has 0 aliphatic heterocycles. The summed E-state index contributed by atoms with van der Waals surface area (Å²) in [5, 5.41) is 0. The Morgan fingerprint density at radius 2 is 1.86 bits per heavy atom. The molecule has 0 unspecified atom stereocenters. The van der Waals surface area contributed by atoms with Gasteiger partial charge >= 0.3 is 5.92 Å². The average Bonchev–Trinajstić information content (AvgIpc) is 2.66. The van der Waals surface area contributed by atoms with Crippen molar-refractivity contribution in [3.05, 3.63) is 11.6 Å². The van der Waals surface area contributed by atoms with E-state index in [0.29, 0.717) is 12.3 Å². The first-order valence-corrected chi connectivity index (χ1v) is 8.91. The van der Waals surface area contributed by atoms with Gasteiger partial charge in [-0.1, -0.05) is 31.9 Å². The Labute approximate surface area is 131 Å². The van der Waals surface area contributed by atoms with Crippen LogP contribution in [-0.2, 0) is 4.79 Å². The Morgan fingerprint density at radius 3 is 2.64 bits per heavy atom. The highest BCUT2D eigenvalue weighted by atomic mass is 19.3. The van der Waals surface area contributed by atoms with Gasteiger partial charge in [-0.2, -0.15) is 8.78 Å². The van der Waals surface area contributed by atoms with Gasteiger partial charge in [0.2, 0.25) is 5.78 Å². The first-order valence-electron chi connectivity index (χ1n) is 8.91. The van der Waals surface area contributed by atoms with Crippen LogP contribution in [-0.4, -0.2) is 11.7 Å². The molecule has 0 saturated heterocycles. The summed E-state index contributed by atoms with van der Waals surface area (Å²) in [4.78, 5) is 12.3. The van der Waals surface area contributed by atoms with Gasteiger partial charge in [0, 0.05) is 11.8 Å². The minimum Gasteiger partial charge on any atom is -0.292 e. The molecule has 3 saturated carbocycles. The second-order valence-corrected chi connectivity index (χ2v) is 8.66. The van der Waals surface area contributed by atoms with Crippen molar-refractivity contribution in [1.82, 2.24) is 0 Å². The van der Waals surface area contributed by atoms with Crippen molar-refractivity contribution < 1.29 is 13.6 Å². The summed E-state index contributed by atoms with van der Waals surface area (Å²) in [5.74, 6) is -3.20. The van der Waals surface area contributed by atoms with Crippen LogP contribution >= 0.6 is 0 Å². The maximum absolute atomic E-state index is 14.1. The summed E-state index contributed by atoms with van der Waals surface area (Å²) in [6.45, 7) is 4.19. The molecule has 4 rings (SSSR count). The fourth-order valence-electron chi connectivity index (χ4n) is 6.46. The van der Waals surface area contributed by atoms with E-state index < -0.39 is 17.1 Å². The lowest BCUT2D eigenvalue weighted by molar-refractivity contribution is -0.147. The predicted molar refractivity (Wildman–Crippen MR) is 81.7 cm³/mol. The number of Topliss-reactive ketones (excluding diaryl/α,β-unsaturated/α-hetero) is 1. The van der Waals surface area contributed by atoms with Crippen molar-refractivity contribution in [2.45, 2.75) is 71.1 Å². The van der Waals surface area contributed by atoms with E-state index in [-0.39, 0.29) is 23.7 Å². The number of hydrogen-bond acceptors (Lipinski definition) is 1. The van der Waals surface area contributed by atoms with Crippen LogP contribution in [0.25, 0.3) is 0 Å². The Kier molecular flexibility index (Phi) is 2.98. The highest BCUT2D eigenvalue weighted by molar-refractivity contribution is 5.93. The SMILES string of the molecule is C[C@]12CCCCC1=CC[C@@H]1[C@@H]2CC[C@]2(C)C(=O)C(F)(F)C[C@@H]12. The Bertz CT molecular complexity index is 552. The Morgan fingerprint density at radius 1 is 1.09 bits per heavy atom. The van der Waals surface area contributed by atoms with Crippen molar-refractivity contribution in [3.63, 3.8) is 0 Å². The summed E-state index contributed by atoms with van der Waals surface area (Å²) in [6.07, 6.45) is 9.60. The molecule has 5 atom stereocenters. The van der Waals surface area contributed by atoms with Crippen molar-refractivity contribution in [2.24, 2.45) is 28.6 Å². The molecule has 0 bridgehead atoms. The van der Waals surface area contributed by atoms with E-state index in [9.17, 15) is 13.6 Å². The lowest BCUT2D eigenvalue weighted by atomic mass is 9.48. The van der Waals surface area contributed by atoms with Crippen LogP contribution in [0.1, 0.15) is 65.2 Å². The Balaban J connectivity index is 1.73. The van der Waals surface area contributed by atoms with E-state index >= 15 is 0 Å². The van der Waals surface area contributed by atoms with Gasteiger partial charge in [-0.05, 0) is 61.7 Å². The van der Waals surface area contributed by atoms with E-state index in [1.807, 2.05) is 6.92 Å². The molecule has 22 heavy (non-hydrogen) atoms. The fourth-order valence-corrected chi connectivity index (χ4v) is 6.46. The average molecular weight is 308 g/mol. The van der Waals surface area contributed by atoms with Crippen molar-refractivity contribution in [3.8, 4) is 0 Å². The van der Waals surface area contributed by atoms with Gasteiger partial charge in [0.1, 0.15) is 0 Å². The first kappa shape index (κ1) is 14.8. The molecule has 0 aromatic heterocycles. The second kappa shape index (κ2) is 4.42. The summed E-state index contributed by atoms with van der Waals surface area (Å²) in [6, 6.07) is 0. The van der Waals surface area contributed by atoms with Gasteiger partial charge < -0.3 is 0 Å². The number of halogens is 2. The van der Waals surface area contributed by atoms with E-state index in [0.717, 1.165) is 12.8 Å². The first-order chi connectivity index (χ1) is 10.3. The Hall–Kier alpha value is -0.730. The van der Waals surface area contributed by atoms with Gasteiger partial charge in [0.15, 0.2) is 0 Å². The van der Waals surface area contributed by atoms with Crippen LogP contribution in [0.4, 0.5) is 8.78 Å². The van der Waals surface area contributed by atoms with E-state index in [2.05, 4.69) is 13.0 Å². The molecule has 122 valence electrons. The molecule has 3 fully saturated rings. The van der Waals surface area contributed by atoms with E-state index in [1.54, 1.807) is 5.57 Å². The molecule has 3 heteroatoms. The third-order valence-electron chi connectivity index (χ3n) is 7.73. The van der Waals surface area contributed by atoms with Crippen molar-refractivity contribution in [2.75, 3.05) is 0 Å². The highest BCUT2D eigenvalue weighted by Gasteiger charge is 2.66. The highest BCUT2D eigenvalue weighted by Crippen LogP contribution is 2.65. The van der Waals surface area contributed by atoms with Crippen LogP contribution in [0.5, 0.6) is 0 Å². The number of hydrogen-bond donors (Lipinski definition) is 0. The number of allylic oxidation sites excluding steroid dienone is 2. The van der Waals surface area contributed by atoms with E-state index in [1.165, 1.54) is 25.7 Å². The zero-order valence-corrected chi connectivity index (χ0v) is 13.6. The molecule has 0 amide bonds. The van der Waals surface area contributed by atoms with Crippen molar-refractivity contribution >= 4 is 5.78 Å². The largest absolute Gasteiger partial charge is 0.306 e. The molecule has 4 aliphatic carbocycles. The molecule has 0 N–H and O–H groups in total. The number of rotatable bonds is 0. The lowest BCUT2D eigenvalue weighted by Crippen LogP contribution is -2.49. The quantitative estimate of drug-likeness (QED) is 0.565. The molecule has 0 aromatic carbocycles. The second-order valence-electron chi connectivity index (χ2n) is 8.66. The van der Waals surface area contributed by atoms with Gasteiger partial charge in [0.05, 0.1) is 0 Å². The summed E-state index contributed by atoms with van der Waals surface area (Å²) in [7, 11) is 0. The monoisotopic (exact) mass is 308 g/mol. The zero-order chi connectivity index (χ0) is 15.8. The van der Waals surface area contributed by atoms with Gasteiger partial charge in [0.25, 0.3) is 0 Å². The van der Waals surface area contributed by atoms with Gasteiger partial charge in [-0.25, -0.2) is 0 Å². The molecule has 0 aromatic rings. The van der Waals surface area contributed by atoms with E-state index in [4.69, 9.17) is 0 Å². The molecule has 0 heterocycles. The number of alkyl halides is 2. The lowest BCUT2D eigenvalue weighted by Gasteiger charge is -2.56. The van der Waals surface area contributed by atoms with Crippen LogP contribution in [0, 0.1) is 28.6 Å². The minimum absolute atomic E-state index is 0.120. The number of carbonyl (C=O) groups excluding carboxylic acids is 1. The normalized spacial score (nSPS) is 49.9. The van der Waals surface area contributed by atoms with Crippen LogP contribution in [0.15, 0.2) is 11.6 Å². The maximum atomic E-state index is 14.1. The third kappa shape index (κ3) is 1.71. The van der Waals surface area contributed by atoms with Crippen molar-refractivity contribution in [1.29, 1.82) is 0 Å². The fraction of sp³-hybridized carbons (Fsp3) is 0.842. The maximum Gasteiger partial charge on any atom is 0.306 e. The smallest absolute Gasteiger partial charge is 0.292 e. The topological polar surface area (TPSA) is 17.1 Å².